The predicted molar refractivity (Wildman–Crippen MR) is 93.8 cm³/mol. The van der Waals surface area contributed by atoms with Crippen molar-refractivity contribution in [2.45, 2.75) is 26.2 Å². The number of nitrogens with zero attached hydrogens (tertiary/aromatic N) is 3. The molecule has 1 aromatic carbocycles. The van der Waals surface area contributed by atoms with Crippen molar-refractivity contribution in [1.29, 1.82) is 0 Å². The summed E-state index contributed by atoms with van der Waals surface area (Å²) in [5.41, 5.74) is 6.92. The molecule has 0 aliphatic rings. The fourth-order valence-electron chi connectivity index (χ4n) is 2.60. The number of aliphatic hydroxyl groups excluding tert-OH is 1. The summed E-state index contributed by atoms with van der Waals surface area (Å²) in [5, 5.41) is 10.1. The number of aromatic nitrogens is 4. The van der Waals surface area contributed by atoms with Crippen LogP contribution in [0.15, 0.2) is 41.5 Å². The highest BCUT2D eigenvalue weighted by Gasteiger charge is 2.19. The number of benzene rings is 1. The lowest BCUT2D eigenvalue weighted by Gasteiger charge is -2.20. The maximum absolute atomic E-state index is 11.8. The number of hydrogen-bond donors (Lipinski definition) is 3. The van der Waals surface area contributed by atoms with E-state index < -0.39 is 6.10 Å². The minimum atomic E-state index is -0.590. The van der Waals surface area contributed by atoms with Gasteiger partial charge >= 0.3 is 0 Å². The first-order valence-corrected chi connectivity index (χ1v) is 8.05. The Labute approximate surface area is 144 Å². The van der Waals surface area contributed by atoms with Crippen molar-refractivity contribution in [1.82, 2.24) is 19.5 Å². The highest BCUT2D eigenvalue weighted by atomic mass is 16.5. The number of hydrogen-bond acceptors (Lipinski definition) is 6. The van der Waals surface area contributed by atoms with Crippen LogP contribution in [0.5, 0.6) is 0 Å². The third kappa shape index (κ3) is 4.04. The predicted octanol–water partition coefficient (Wildman–Crippen LogP) is 0.916. The average molecular weight is 343 g/mol. The summed E-state index contributed by atoms with van der Waals surface area (Å²) in [6.45, 7) is 2.97. The van der Waals surface area contributed by atoms with Gasteiger partial charge in [-0.25, -0.2) is 4.98 Å². The fraction of sp³-hybridized carbons (Fsp3) is 0.353. The van der Waals surface area contributed by atoms with Crippen LogP contribution >= 0.6 is 0 Å². The second-order valence-electron chi connectivity index (χ2n) is 6.02. The van der Waals surface area contributed by atoms with E-state index in [-0.39, 0.29) is 22.9 Å². The van der Waals surface area contributed by atoms with E-state index >= 15 is 0 Å². The highest BCUT2D eigenvalue weighted by molar-refractivity contribution is 5.70. The number of nitrogen functional groups attached to an aromatic ring is 1. The zero-order chi connectivity index (χ0) is 17.8. The largest absolute Gasteiger partial charge is 0.393 e. The van der Waals surface area contributed by atoms with Crippen LogP contribution in [0.25, 0.3) is 11.2 Å². The van der Waals surface area contributed by atoms with Crippen LogP contribution in [-0.2, 0) is 17.9 Å². The maximum atomic E-state index is 11.8. The summed E-state index contributed by atoms with van der Waals surface area (Å²) in [6, 6.07) is 9.83. The Morgan fingerprint density at radius 1 is 1.36 bits per heavy atom. The van der Waals surface area contributed by atoms with Gasteiger partial charge in [0.2, 0.25) is 5.95 Å². The van der Waals surface area contributed by atoms with Crippen molar-refractivity contribution >= 4 is 17.1 Å². The third-order valence-corrected chi connectivity index (χ3v) is 4.05. The molecule has 3 rings (SSSR count). The Balaban J connectivity index is 1.71. The second kappa shape index (κ2) is 7.45. The molecule has 0 saturated heterocycles. The van der Waals surface area contributed by atoms with Gasteiger partial charge in [0.05, 0.1) is 25.6 Å². The molecule has 25 heavy (non-hydrogen) atoms. The summed E-state index contributed by atoms with van der Waals surface area (Å²) in [4.78, 5) is 22.5. The van der Waals surface area contributed by atoms with Crippen molar-refractivity contribution in [3.63, 3.8) is 0 Å². The number of aromatic amines is 1. The Bertz CT molecular complexity index is 888. The maximum Gasteiger partial charge on any atom is 0.280 e. The Morgan fingerprint density at radius 3 is 2.84 bits per heavy atom. The van der Waals surface area contributed by atoms with Gasteiger partial charge < -0.3 is 20.1 Å². The molecule has 0 fully saturated rings. The number of H-pyrrole nitrogens is 1. The molecule has 0 radical (unpaired) electrons. The summed E-state index contributed by atoms with van der Waals surface area (Å²) < 4.78 is 7.46. The Hall–Kier alpha value is -2.71. The van der Waals surface area contributed by atoms with Gasteiger partial charge in [0, 0.05) is 12.5 Å². The molecule has 8 heteroatoms. The minimum absolute atomic E-state index is 0.0353. The van der Waals surface area contributed by atoms with E-state index in [1.165, 1.54) is 6.33 Å². The number of nitrogens with two attached hydrogens (primary N) is 1. The standard InChI is InChI=1S/C17H21N5O3/c1-11(23)13(9-25-8-12-5-3-2-4-6-12)7-22-10-19-14-15(22)20-17(18)21-16(14)24/h2-6,10-11,13,23H,7-9H2,1H3,(H3,18,20,21,24). The van der Waals surface area contributed by atoms with Crippen molar-refractivity contribution in [2.75, 3.05) is 12.3 Å². The van der Waals surface area contributed by atoms with Crippen LogP contribution in [0.4, 0.5) is 5.95 Å². The molecule has 2 heterocycles. The second-order valence-corrected chi connectivity index (χ2v) is 6.02. The number of imidazole rings is 1. The number of nitrogens with one attached hydrogen (secondary N) is 1. The Morgan fingerprint density at radius 2 is 2.12 bits per heavy atom. The Kier molecular flexibility index (Phi) is 5.11. The molecule has 0 bridgehead atoms. The molecule has 3 aromatic rings. The van der Waals surface area contributed by atoms with E-state index in [9.17, 15) is 9.90 Å². The summed E-state index contributed by atoms with van der Waals surface area (Å²) in [6.07, 6.45) is 0.936. The molecule has 0 spiro atoms. The van der Waals surface area contributed by atoms with E-state index in [0.29, 0.717) is 25.4 Å². The molecule has 0 saturated carbocycles. The lowest BCUT2D eigenvalue weighted by atomic mass is 10.1. The summed E-state index contributed by atoms with van der Waals surface area (Å²) in [7, 11) is 0. The molecule has 0 amide bonds. The average Bonchev–Trinajstić information content (AvgIpc) is 2.98. The van der Waals surface area contributed by atoms with Crippen molar-refractivity contribution < 1.29 is 9.84 Å². The van der Waals surface area contributed by atoms with Gasteiger partial charge in [0.1, 0.15) is 0 Å². The fourth-order valence-corrected chi connectivity index (χ4v) is 2.60. The van der Waals surface area contributed by atoms with Crippen LogP contribution in [0, 0.1) is 5.92 Å². The normalized spacial score (nSPS) is 13.8. The molecule has 2 unspecified atom stereocenters. The van der Waals surface area contributed by atoms with E-state index in [0.717, 1.165) is 5.56 Å². The molecular weight excluding hydrogens is 322 g/mol. The SMILES string of the molecule is CC(O)C(COCc1ccccc1)Cn1cnc2c(=O)[nH]c(N)nc21. The zero-order valence-electron chi connectivity index (χ0n) is 13.9. The molecule has 2 atom stereocenters. The van der Waals surface area contributed by atoms with Crippen LogP contribution in [0.2, 0.25) is 0 Å². The molecular formula is C17H21N5O3. The number of rotatable bonds is 7. The first-order chi connectivity index (χ1) is 12.0. The lowest BCUT2D eigenvalue weighted by Crippen LogP contribution is -2.27. The van der Waals surface area contributed by atoms with Gasteiger partial charge in [-0.3, -0.25) is 9.78 Å². The van der Waals surface area contributed by atoms with Crippen molar-refractivity contribution in [3.05, 3.63) is 52.6 Å². The lowest BCUT2D eigenvalue weighted by molar-refractivity contribution is 0.0219. The number of aliphatic hydroxyl groups is 1. The van der Waals surface area contributed by atoms with Crippen molar-refractivity contribution in [3.8, 4) is 0 Å². The summed E-state index contributed by atoms with van der Waals surface area (Å²) >= 11 is 0. The van der Waals surface area contributed by atoms with Crippen LogP contribution < -0.4 is 11.3 Å². The minimum Gasteiger partial charge on any atom is -0.393 e. The van der Waals surface area contributed by atoms with E-state index in [4.69, 9.17) is 10.5 Å². The topological polar surface area (TPSA) is 119 Å². The number of fused-ring (bicyclic) bond motifs is 1. The van der Waals surface area contributed by atoms with Crippen LogP contribution in [0.3, 0.4) is 0 Å². The molecule has 132 valence electrons. The molecule has 0 aliphatic carbocycles. The van der Waals surface area contributed by atoms with Crippen LogP contribution in [-0.4, -0.2) is 37.3 Å². The van der Waals surface area contributed by atoms with Gasteiger partial charge in [-0.15, -0.1) is 0 Å². The molecule has 4 N–H and O–H groups in total. The number of anilines is 1. The van der Waals surface area contributed by atoms with Crippen molar-refractivity contribution in [2.24, 2.45) is 5.92 Å². The van der Waals surface area contributed by atoms with Crippen LogP contribution in [0.1, 0.15) is 12.5 Å². The summed E-state index contributed by atoms with van der Waals surface area (Å²) in [5.74, 6) is -0.142. The zero-order valence-corrected chi connectivity index (χ0v) is 13.9. The first kappa shape index (κ1) is 17.1. The smallest absolute Gasteiger partial charge is 0.280 e. The van der Waals surface area contributed by atoms with Gasteiger partial charge in [-0.2, -0.15) is 4.98 Å². The van der Waals surface area contributed by atoms with Gasteiger partial charge in [-0.1, -0.05) is 30.3 Å². The highest BCUT2D eigenvalue weighted by Crippen LogP contribution is 2.14. The molecule has 8 nitrogen and oxygen atoms in total. The first-order valence-electron chi connectivity index (χ1n) is 8.05. The van der Waals surface area contributed by atoms with Gasteiger partial charge in [-0.05, 0) is 12.5 Å². The third-order valence-electron chi connectivity index (χ3n) is 4.05. The van der Waals surface area contributed by atoms with E-state index in [2.05, 4.69) is 15.0 Å². The van der Waals surface area contributed by atoms with Gasteiger partial charge in [0.15, 0.2) is 11.2 Å². The molecule has 0 aliphatic heterocycles. The quantitative estimate of drug-likeness (QED) is 0.587. The van der Waals surface area contributed by atoms with E-state index in [1.54, 1.807) is 11.5 Å². The number of ether oxygens (including phenoxy) is 1. The molecule has 2 aromatic heterocycles. The monoisotopic (exact) mass is 343 g/mol. The van der Waals surface area contributed by atoms with Gasteiger partial charge in [0.25, 0.3) is 5.56 Å². The van der Waals surface area contributed by atoms with E-state index in [1.807, 2.05) is 30.3 Å².